The quantitative estimate of drug-likeness (QED) is 0.798. The molecule has 1 aliphatic rings. The smallest absolute Gasteiger partial charge is 0.242 e. The predicted molar refractivity (Wildman–Crippen MR) is 98.2 cm³/mol. The van der Waals surface area contributed by atoms with E-state index < -0.39 is 16.1 Å². The van der Waals surface area contributed by atoms with E-state index in [1.807, 2.05) is 30.3 Å². The van der Waals surface area contributed by atoms with Gasteiger partial charge in [-0.3, -0.25) is 0 Å². The van der Waals surface area contributed by atoms with Gasteiger partial charge in [0.25, 0.3) is 0 Å². The molecule has 0 radical (unpaired) electrons. The van der Waals surface area contributed by atoms with Gasteiger partial charge in [-0.05, 0) is 5.56 Å². The molecule has 0 fully saturated rings. The van der Waals surface area contributed by atoms with E-state index in [1.54, 1.807) is 0 Å². The molecule has 2 aromatic carbocycles. The van der Waals surface area contributed by atoms with Gasteiger partial charge in [0.2, 0.25) is 10.0 Å². The van der Waals surface area contributed by atoms with Crippen LogP contribution in [0.2, 0.25) is 5.02 Å². The van der Waals surface area contributed by atoms with Crippen molar-refractivity contribution in [2.45, 2.75) is 10.9 Å². The molecular formula is C16H18Cl2N2O4S. The standard InChI is InChI=1S/C16H17ClN2O4S.ClH/c17-12-8-14-15(23-7-6-22-14)9-16(12)24(20,21)19-10-13(18)11-4-2-1-3-5-11;/h1-5,8-9,13,19H,6-7,10,18H2;1H. The van der Waals surface area contributed by atoms with Gasteiger partial charge in [0.05, 0.1) is 5.02 Å². The molecule has 1 unspecified atom stereocenters. The highest BCUT2D eigenvalue weighted by atomic mass is 35.5. The minimum absolute atomic E-state index is 0. The lowest BCUT2D eigenvalue weighted by atomic mass is 10.1. The summed E-state index contributed by atoms with van der Waals surface area (Å²) in [6, 6.07) is 11.6. The van der Waals surface area contributed by atoms with Crippen molar-refractivity contribution >= 4 is 34.0 Å². The second kappa shape index (κ2) is 8.25. The lowest BCUT2D eigenvalue weighted by Crippen LogP contribution is -2.32. The Morgan fingerprint density at radius 1 is 1.12 bits per heavy atom. The van der Waals surface area contributed by atoms with Crippen LogP contribution in [0.3, 0.4) is 0 Å². The molecule has 25 heavy (non-hydrogen) atoms. The number of fused-ring (bicyclic) bond motifs is 1. The molecule has 0 saturated heterocycles. The average Bonchev–Trinajstić information content (AvgIpc) is 2.59. The molecule has 0 amide bonds. The molecule has 6 nitrogen and oxygen atoms in total. The van der Waals surface area contributed by atoms with E-state index in [0.717, 1.165) is 5.56 Å². The molecule has 0 saturated carbocycles. The van der Waals surface area contributed by atoms with E-state index in [9.17, 15) is 8.42 Å². The Labute approximate surface area is 157 Å². The first-order valence-electron chi connectivity index (χ1n) is 7.37. The molecule has 0 bridgehead atoms. The Kier molecular flexibility index (Phi) is 6.53. The number of hydrogen-bond acceptors (Lipinski definition) is 5. The van der Waals surface area contributed by atoms with Crippen molar-refractivity contribution in [1.82, 2.24) is 4.72 Å². The summed E-state index contributed by atoms with van der Waals surface area (Å²) in [7, 11) is -3.82. The van der Waals surface area contributed by atoms with Crippen LogP contribution < -0.4 is 19.9 Å². The second-order valence-corrected chi connectivity index (χ2v) is 7.44. The van der Waals surface area contributed by atoms with Crippen LogP contribution >= 0.6 is 24.0 Å². The van der Waals surface area contributed by atoms with Gasteiger partial charge in [0, 0.05) is 24.7 Å². The third-order valence-electron chi connectivity index (χ3n) is 3.61. The molecule has 0 aromatic heterocycles. The van der Waals surface area contributed by atoms with E-state index in [-0.39, 0.29) is 28.9 Å². The van der Waals surface area contributed by atoms with Crippen LogP contribution in [-0.2, 0) is 10.0 Å². The molecule has 2 aromatic rings. The van der Waals surface area contributed by atoms with Crippen LogP contribution in [0.1, 0.15) is 11.6 Å². The zero-order chi connectivity index (χ0) is 17.2. The Morgan fingerprint density at radius 2 is 1.72 bits per heavy atom. The fourth-order valence-corrected chi connectivity index (χ4v) is 3.94. The Morgan fingerprint density at radius 3 is 2.36 bits per heavy atom. The monoisotopic (exact) mass is 404 g/mol. The number of nitrogens with two attached hydrogens (primary N) is 1. The third kappa shape index (κ3) is 4.56. The zero-order valence-electron chi connectivity index (χ0n) is 13.1. The Balaban J connectivity index is 0.00000225. The lowest BCUT2D eigenvalue weighted by Gasteiger charge is -2.20. The zero-order valence-corrected chi connectivity index (χ0v) is 15.5. The predicted octanol–water partition coefficient (Wildman–Crippen LogP) is 2.51. The highest BCUT2D eigenvalue weighted by molar-refractivity contribution is 7.89. The molecular weight excluding hydrogens is 387 g/mol. The maximum absolute atomic E-state index is 12.5. The van der Waals surface area contributed by atoms with E-state index in [2.05, 4.69) is 4.72 Å². The van der Waals surface area contributed by atoms with Crippen LogP contribution in [-0.4, -0.2) is 28.2 Å². The fraction of sp³-hybridized carbons (Fsp3) is 0.250. The number of nitrogens with one attached hydrogen (secondary N) is 1. The minimum atomic E-state index is -3.82. The molecule has 1 heterocycles. The van der Waals surface area contributed by atoms with Gasteiger partial charge in [-0.1, -0.05) is 41.9 Å². The normalized spacial score (nSPS) is 14.5. The molecule has 0 aliphatic carbocycles. The molecule has 136 valence electrons. The molecule has 3 N–H and O–H groups in total. The van der Waals surface area contributed by atoms with Crippen molar-refractivity contribution < 1.29 is 17.9 Å². The van der Waals surface area contributed by atoms with Crippen molar-refractivity contribution in [3.63, 3.8) is 0 Å². The maximum Gasteiger partial charge on any atom is 0.242 e. The first-order chi connectivity index (χ1) is 11.5. The summed E-state index contributed by atoms with van der Waals surface area (Å²) in [6.45, 7) is 0.817. The first-order valence-corrected chi connectivity index (χ1v) is 9.23. The summed E-state index contributed by atoms with van der Waals surface area (Å²) in [5, 5.41) is 0.0695. The average molecular weight is 405 g/mol. The van der Waals surface area contributed by atoms with Crippen molar-refractivity contribution in [2.75, 3.05) is 19.8 Å². The van der Waals surface area contributed by atoms with Gasteiger partial charge >= 0.3 is 0 Å². The highest BCUT2D eigenvalue weighted by Gasteiger charge is 2.24. The van der Waals surface area contributed by atoms with Gasteiger partial charge in [0.15, 0.2) is 11.5 Å². The molecule has 1 aliphatic heterocycles. The molecule has 0 spiro atoms. The molecule has 9 heteroatoms. The first kappa shape index (κ1) is 19.8. The maximum atomic E-state index is 12.5. The number of hydrogen-bond donors (Lipinski definition) is 2. The van der Waals surface area contributed by atoms with Gasteiger partial charge < -0.3 is 15.2 Å². The molecule has 3 rings (SSSR count). The van der Waals surface area contributed by atoms with Gasteiger partial charge in [-0.15, -0.1) is 12.4 Å². The minimum Gasteiger partial charge on any atom is -0.486 e. The van der Waals surface area contributed by atoms with Crippen molar-refractivity contribution in [3.05, 3.63) is 53.1 Å². The lowest BCUT2D eigenvalue weighted by molar-refractivity contribution is 0.171. The van der Waals surface area contributed by atoms with Gasteiger partial charge in [-0.25, -0.2) is 13.1 Å². The fourth-order valence-electron chi connectivity index (χ4n) is 2.35. The number of benzene rings is 2. The number of rotatable bonds is 5. The van der Waals surface area contributed by atoms with Gasteiger partial charge in [-0.2, -0.15) is 0 Å². The summed E-state index contributed by atoms with van der Waals surface area (Å²) in [5.41, 5.74) is 6.87. The van der Waals surface area contributed by atoms with E-state index in [4.69, 9.17) is 26.8 Å². The van der Waals surface area contributed by atoms with Crippen molar-refractivity contribution in [2.24, 2.45) is 5.73 Å². The SMILES string of the molecule is Cl.NC(CNS(=O)(=O)c1cc2c(cc1Cl)OCCO2)c1ccccc1. The number of sulfonamides is 1. The van der Waals surface area contributed by atoms with Crippen LogP contribution in [0.25, 0.3) is 0 Å². The summed E-state index contributed by atoms with van der Waals surface area (Å²) < 4.78 is 38.3. The second-order valence-electron chi connectivity index (χ2n) is 5.30. The number of ether oxygens (including phenoxy) is 2. The largest absolute Gasteiger partial charge is 0.486 e. The van der Waals surface area contributed by atoms with Crippen molar-refractivity contribution in [1.29, 1.82) is 0 Å². The molecule has 1 atom stereocenters. The van der Waals surface area contributed by atoms with Gasteiger partial charge in [0.1, 0.15) is 18.1 Å². The Hall–Kier alpha value is -1.51. The topological polar surface area (TPSA) is 90.7 Å². The summed E-state index contributed by atoms with van der Waals surface area (Å²) >= 11 is 6.09. The van der Waals surface area contributed by atoms with Crippen LogP contribution in [0.5, 0.6) is 11.5 Å². The number of halogens is 2. The Bertz CT molecular complexity index is 832. The van der Waals surface area contributed by atoms with E-state index in [1.165, 1.54) is 12.1 Å². The van der Waals surface area contributed by atoms with E-state index >= 15 is 0 Å². The summed E-state index contributed by atoms with van der Waals surface area (Å²) in [5.74, 6) is 0.796. The summed E-state index contributed by atoms with van der Waals surface area (Å²) in [6.07, 6.45) is 0. The third-order valence-corrected chi connectivity index (χ3v) is 5.50. The van der Waals surface area contributed by atoms with Crippen LogP contribution in [0.4, 0.5) is 0 Å². The van der Waals surface area contributed by atoms with Crippen LogP contribution in [0.15, 0.2) is 47.4 Å². The summed E-state index contributed by atoms with van der Waals surface area (Å²) in [4.78, 5) is -0.0614. The van der Waals surface area contributed by atoms with E-state index in [0.29, 0.717) is 24.7 Å². The van der Waals surface area contributed by atoms with Crippen molar-refractivity contribution in [3.8, 4) is 11.5 Å². The van der Waals surface area contributed by atoms with Crippen LogP contribution in [0, 0.1) is 0 Å². The highest BCUT2D eigenvalue weighted by Crippen LogP contribution is 2.37.